The Hall–Kier alpha value is -3.56. The number of nitrogens with zero attached hydrogens (tertiary/aromatic N) is 2. The van der Waals surface area contributed by atoms with E-state index in [1.807, 2.05) is 37.3 Å². The molecule has 1 aliphatic rings. The summed E-state index contributed by atoms with van der Waals surface area (Å²) in [5.41, 5.74) is 3.31. The number of pyridine rings is 1. The molecule has 2 unspecified atom stereocenters. The van der Waals surface area contributed by atoms with Crippen molar-refractivity contribution in [3.63, 3.8) is 0 Å². The standard InChI is InChI=1S/C25H28F3N5O2/c1-16-8-9-18(12-20(16)32-23(34)21-15-29-22-7-2-3-10-33(21)22)14-31-24(35)30-13-17-5-4-6-19(11-17)25(26,27)28/h2-3,7-10,12,15,17,19H,4-6,11,13-14H2,1H3,(H,32,34)(H2,30,31,35). The van der Waals surface area contributed by atoms with Crippen molar-refractivity contribution < 1.29 is 22.8 Å². The van der Waals surface area contributed by atoms with E-state index in [0.717, 1.165) is 11.1 Å². The van der Waals surface area contributed by atoms with Gasteiger partial charge < -0.3 is 16.0 Å². The number of anilines is 1. The molecule has 1 aromatic carbocycles. The third kappa shape index (κ3) is 6.12. The maximum absolute atomic E-state index is 13.0. The molecule has 1 fully saturated rings. The number of urea groups is 1. The molecule has 3 aromatic rings. The van der Waals surface area contributed by atoms with Gasteiger partial charge in [0, 0.05) is 25.0 Å². The van der Waals surface area contributed by atoms with Crippen LogP contribution in [0.3, 0.4) is 0 Å². The lowest BCUT2D eigenvalue weighted by molar-refractivity contribution is -0.185. The smallest absolute Gasteiger partial charge is 0.338 e. The quantitative estimate of drug-likeness (QED) is 0.454. The van der Waals surface area contributed by atoms with Gasteiger partial charge in [0.2, 0.25) is 0 Å². The van der Waals surface area contributed by atoms with Crippen LogP contribution in [0, 0.1) is 18.8 Å². The fraction of sp³-hybridized carbons (Fsp3) is 0.400. The van der Waals surface area contributed by atoms with Crippen LogP contribution in [0.25, 0.3) is 5.65 Å². The molecule has 0 radical (unpaired) electrons. The molecule has 1 saturated carbocycles. The van der Waals surface area contributed by atoms with Crippen LogP contribution in [0.1, 0.15) is 47.3 Å². The van der Waals surface area contributed by atoms with Gasteiger partial charge in [0.15, 0.2) is 0 Å². The molecule has 0 spiro atoms. The molecule has 3 N–H and O–H groups in total. The summed E-state index contributed by atoms with van der Waals surface area (Å²) in [4.78, 5) is 29.3. The van der Waals surface area contributed by atoms with Crippen LogP contribution in [0.4, 0.5) is 23.7 Å². The molecule has 2 aromatic heterocycles. The number of amides is 3. The van der Waals surface area contributed by atoms with Crippen LogP contribution in [-0.4, -0.2) is 34.0 Å². The molecular formula is C25H28F3N5O2. The highest BCUT2D eigenvalue weighted by Gasteiger charge is 2.42. The second-order valence-electron chi connectivity index (χ2n) is 9.01. The Balaban J connectivity index is 1.30. The number of halogens is 3. The zero-order valence-corrected chi connectivity index (χ0v) is 19.4. The van der Waals surface area contributed by atoms with Crippen molar-refractivity contribution in [2.45, 2.75) is 45.3 Å². The molecule has 0 bridgehead atoms. The molecule has 0 saturated heterocycles. The van der Waals surface area contributed by atoms with E-state index >= 15 is 0 Å². The number of hydrogen-bond acceptors (Lipinski definition) is 3. The molecule has 0 aliphatic heterocycles. The predicted molar refractivity (Wildman–Crippen MR) is 126 cm³/mol. The number of rotatable bonds is 6. The van der Waals surface area contributed by atoms with Gasteiger partial charge >= 0.3 is 12.2 Å². The summed E-state index contributed by atoms with van der Waals surface area (Å²) in [6.07, 6.45) is 0.516. The van der Waals surface area contributed by atoms with E-state index in [-0.39, 0.29) is 37.8 Å². The summed E-state index contributed by atoms with van der Waals surface area (Å²) in [6.45, 7) is 2.29. The molecule has 7 nitrogen and oxygen atoms in total. The summed E-state index contributed by atoms with van der Waals surface area (Å²) < 4.78 is 40.6. The average molecular weight is 488 g/mol. The van der Waals surface area contributed by atoms with Crippen molar-refractivity contribution in [3.8, 4) is 0 Å². The third-order valence-corrected chi connectivity index (χ3v) is 6.45. The van der Waals surface area contributed by atoms with Gasteiger partial charge in [0.25, 0.3) is 5.91 Å². The number of alkyl halides is 3. The maximum atomic E-state index is 13.0. The molecule has 2 heterocycles. The lowest BCUT2D eigenvalue weighted by Gasteiger charge is -2.30. The number of imidazole rings is 1. The van der Waals surface area contributed by atoms with Gasteiger partial charge in [0.05, 0.1) is 12.1 Å². The van der Waals surface area contributed by atoms with E-state index in [0.29, 0.717) is 29.9 Å². The normalized spacial score (nSPS) is 18.3. The molecule has 186 valence electrons. The van der Waals surface area contributed by atoms with Gasteiger partial charge in [-0.2, -0.15) is 13.2 Å². The number of fused-ring (bicyclic) bond motifs is 1. The Bertz CT molecular complexity index is 1210. The van der Waals surface area contributed by atoms with Crippen molar-refractivity contribution in [1.82, 2.24) is 20.0 Å². The van der Waals surface area contributed by atoms with Gasteiger partial charge in [-0.3, -0.25) is 9.20 Å². The van der Waals surface area contributed by atoms with Crippen LogP contribution in [0.5, 0.6) is 0 Å². The molecule has 2 atom stereocenters. The average Bonchev–Trinajstić information content (AvgIpc) is 3.27. The second-order valence-corrected chi connectivity index (χ2v) is 9.01. The first-order valence-corrected chi connectivity index (χ1v) is 11.6. The number of aryl methyl sites for hydroxylation is 1. The monoisotopic (exact) mass is 487 g/mol. The van der Waals surface area contributed by atoms with E-state index in [9.17, 15) is 22.8 Å². The van der Waals surface area contributed by atoms with E-state index < -0.39 is 18.1 Å². The van der Waals surface area contributed by atoms with Crippen LogP contribution >= 0.6 is 0 Å². The lowest BCUT2D eigenvalue weighted by Crippen LogP contribution is -2.40. The molecule has 1 aliphatic carbocycles. The van der Waals surface area contributed by atoms with E-state index in [2.05, 4.69) is 20.9 Å². The number of carbonyl (C=O) groups excluding carboxylic acids is 2. The zero-order chi connectivity index (χ0) is 25.0. The first-order chi connectivity index (χ1) is 16.7. The minimum atomic E-state index is -4.18. The number of benzene rings is 1. The number of aromatic nitrogens is 2. The minimum Gasteiger partial charge on any atom is -0.338 e. The fourth-order valence-corrected chi connectivity index (χ4v) is 4.46. The number of hydrogen-bond donors (Lipinski definition) is 3. The largest absolute Gasteiger partial charge is 0.391 e. The Morgan fingerprint density at radius 1 is 1.14 bits per heavy atom. The topological polar surface area (TPSA) is 87.5 Å². The van der Waals surface area contributed by atoms with E-state index in [1.165, 1.54) is 6.20 Å². The lowest BCUT2D eigenvalue weighted by atomic mass is 9.81. The Labute approximate surface area is 201 Å². The van der Waals surface area contributed by atoms with Crippen molar-refractivity contribution in [1.29, 1.82) is 0 Å². The SMILES string of the molecule is Cc1ccc(CNC(=O)NCC2CCCC(C(F)(F)F)C2)cc1NC(=O)c1cnc2ccccn12. The summed E-state index contributed by atoms with van der Waals surface area (Å²) in [6, 6.07) is 10.5. The Kier molecular flexibility index (Phi) is 7.28. The molecule has 4 rings (SSSR count). The molecule has 10 heteroatoms. The Morgan fingerprint density at radius 2 is 1.97 bits per heavy atom. The predicted octanol–water partition coefficient (Wildman–Crippen LogP) is 5.06. The van der Waals surface area contributed by atoms with Gasteiger partial charge in [0.1, 0.15) is 11.3 Å². The number of carbonyl (C=O) groups is 2. The number of nitrogens with one attached hydrogen (secondary N) is 3. The summed E-state index contributed by atoms with van der Waals surface area (Å²) in [5, 5.41) is 8.32. The van der Waals surface area contributed by atoms with Crippen molar-refractivity contribution in [2.75, 3.05) is 11.9 Å². The maximum Gasteiger partial charge on any atom is 0.391 e. The van der Waals surface area contributed by atoms with Crippen LogP contribution in [-0.2, 0) is 6.54 Å². The minimum absolute atomic E-state index is 0.0529. The zero-order valence-electron chi connectivity index (χ0n) is 19.4. The fourth-order valence-electron chi connectivity index (χ4n) is 4.46. The van der Waals surface area contributed by atoms with Gasteiger partial charge in [-0.15, -0.1) is 0 Å². The van der Waals surface area contributed by atoms with E-state index in [1.54, 1.807) is 16.7 Å². The van der Waals surface area contributed by atoms with Crippen molar-refractivity contribution in [3.05, 3.63) is 65.6 Å². The van der Waals surface area contributed by atoms with Crippen molar-refractivity contribution in [2.24, 2.45) is 11.8 Å². The van der Waals surface area contributed by atoms with Crippen LogP contribution in [0.2, 0.25) is 0 Å². The third-order valence-electron chi connectivity index (χ3n) is 6.45. The highest BCUT2D eigenvalue weighted by molar-refractivity contribution is 6.03. The second kappa shape index (κ2) is 10.4. The van der Waals surface area contributed by atoms with Crippen LogP contribution < -0.4 is 16.0 Å². The van der Waals surface area contributed by atoms with Gasteiger partial charge in [-0.1, -0.05) is 24.6 Å². The molecule has 35 heavy (non-hydrogen) atoms. The first kappa shape index (κ1) is 24.6. The van der Waals surface area contributed by atoms with Crippen molar-refractivity contribution >= 4 is 23.3 Å². The van der Waals surface area contributed by atoms with Crippen LogP contribution in [0.15, 0.2) is 48.8 Å². The van der Waals surface area contributed by atoms with Gasteiger partial charge in [-0.05, 0) is 61.4 Å². The summed E-state index contributed by atoms with van der Waals surface area (Å²) >= 11 is 0. The van der Waals surface area contributed by atoms with Gasteiger partial charge in [-0.25, -0.2) is 9.78 Å². The highest BCUT2D eigenvalue weighted by Crippen LogP contribution is 2.39. The first-order valence-electron chi connectivity index (χ1n) is 11.6. The Morgan fingerprint density at radius 3 is 2.77 bits per heavy atom. The summed E-state index contributed by atoms with van der Waals surface area (Å²) in [7, 11) is 0. The molecular weight excluding hydrogens is 459 g/mol. The highest BCUT2D eigenvalue weighted by atomic mass is 19.4. The molecule has 3 amide bonds. The van der Waals surface area contributed by atoms with E-state index in [4.69, 9.17) is 0 Å². The summed E-state index contributed by atoms with van der Waals surface area (Å²) in [5.74, 6) is -1.77.